The summed E-state index contributed by atoms with van der Waals surface area (Å²) in [5.41, 5.74) is 0.576. The molecule has 0 aliphatic carbocycles. The fourth-order valence-electron chi connectivity index (χ4n) is 1.43. The standard InChI is InChI=1S/C13H22N4O.ClH/c1-13(2,3)12-15-8-10(9-16-12)17-11(18)6-5-7-14-4;/h8-9,14H,5-7H2,1-4H3,(H,17,18);1H. The number of amides is 1. The maximum Gasteiger partial charge on any atom is 0.224 e. The first-order valence-electron chi connectivity index (χ1n) is 6.20. The van der Waals surface area contributed by atoms with Crippen LogP contribution in [-0.4, -0.2) is 29.5 Å². The first kappa shape index (κ1) is 17.8. The third-order valence-corrected chi connectivity index (χ3v) is 2.44. The normalized spacial score (nSPS) is 10.7. The van der Waals surface area contributed by atoms with E-state index in [0.717, 1.165) is 18.8 Å². The van der Waals surface area contributed by atoms with Crippen LogP contribution in [0.5, 0.6) is 0 Å². The first-order chi connectivity index (χ1) is 8.43. The van der Waals surface area contributed by atoms with Gasteiger partial charge in [-0.3, -0.25) is 4.79 Å². The molecule has 1 amide bonds. The summed E-state index contributed by atoms with van der Waals surface area (Å²) in [4.78, 5) is 20.1. The fraction of sp³-hybridized carbons (Fsp3) is 0.615. The molecule has 5 nitrogen and oxygen atoms in total. The molecule has 6 heteroatoms. The van der Waals surface area contributed by atoms with Crippen molar-refractivity contribution >= 4 is 24.0 Å². The van der Waals surface area contributed by atoms with E-state index in [1.165, 1.54) is 0 Å². The van der Waals surface area contributed by atoms with Crippen molar-refractivity contribution in [2.75, 3.05) is 18.9 Å². The van der Waals surface area contributed by atoms with Crippen LogP contribution >= 0.6 is 12.4 Å². The smallest absolute Gasteiger partial charge is 0.224 e. The largest absolute Gasteiger partial charge is 0.323 e. The van der Waals surface area contributed by atoms with E-state index in [9.17, 15) is 4.79 Å². The highest BCUT2D eigenvalue weighted by atomic mass is 35.5. The Morgan fingerprint density at radius 1 is 1.26 bits per heavy atom. The van der Waals surface area contributed by atoms with Crippen LogP contribution in [0.2, 0.25) is 0 Å². The lowest BCUT2D eigenvalue weighted by Crippen LogP contribution is -2.18. The Hall–Kier alpha value is -1.20. The first-order valence-corrected chi connectivity index (χ1v) is 6.20. The molecule has 0 unspecified atom stereocenters. The lowest BCUT2D eigenvalue weighted by Gasteiger charge is -2.16. The van der Waals surface area contributed by atoms with Gasteiger partial charge in [-0.2, -0.15) is 0 Å². The molecule has 1 aromatic rings. The predicted octanol–water partition coefficient (Wildman–Crippen LogP) is 2.13. The Labute approximate surface area is 121 Å². The highest BCUT2D eigenvalue weighted by Gasteiger charge is 2.16. The zero-order valence-corrected chi connectivity index (χ0v) is 12.8. The molecule has 1 aromatic heterocycles. The number of anilines is 1. The Morgan fingerprint density at radius 2 is 1.84 bits per heavy atom. The highest BCUT2D eigenvalue weighted by Crippen LogP contribution is 2.18. The highest BCUT2D eigenvalue weighted by molar-refractivity contribution is 5.90. The average molecular weight is 287 g/mol. The predicted molar refractivity (Wildman–Crippen MR) is 79.8 cm³/mol. The second-order valence-electron chi connectivity index (χ2n) is 5.30. The maximum absolute atomic E-state index is 11.6. The van der Waals surface area contributed by atoms with Gasteiger partial charge in [-0.15, -0.1) is 12.4 Å². The zero-order valence-electron chi connectivity index (χ0n) is 12.0. The molecular formula is C13H23ClN4O. The lowest BCUT2D eigenvalue weighted by molar-refractivity contribution is -0.116. The minimum Gasteiger partial charge on any atom is -0.323 e. The third kappa shape index (κ3) is 6.50. The summed E-state index contributed by atoms with van der Waals surface area (Å²) < 4.78 is 0. The van der Waals surface area contributed by atoms with Crippen LogP contribution in [0, 0.1) is 0 Å². The van der Waals surface area contributed by atoms with E-state index in [1.807, 2.05) is 7.05 Å². The Kier molecular flexibility index (Phi) is 7.56. The van der Waals surface area contributed by atoms with Crippen LogP contribution in [0.15, 0.2) is 12.4 Å². The van der Waals surface area contributed by atoms with Crippen LogP contribution in [-0.2, 0) is 10.2 Å². The van der Waals surface area contributed by atoms with Crippen LogP contribution in [0.1, 0.15) is 39.4 Å². The van der Waals surface area contributed by atoms with Crippen molar-refractivity contribution in [1.82, 2.24) is 15.3 Å². The molecule has 1 heterocycles. The summed E-state index contributed by atoms with van der Waals surface area (Å²) >= 11 is 0. The topological polar surface area (TPSA) is 66.9 Å². The minimum atomic E-state index is -0.0741. The van der Waals surface area contributed by atoms with Gasteiger partial charge in [0.25, 0.3) is 0 Å². The maximum atomic E-state index is 11.6. The molecule has 0 bridgehead atoms. The zero-order chi connectivity index (χ0) is 13.6. The molecule has 0 aliphatic rings. The van der Waals surface area contributed by atoms with Crippen LogP contribution in [0.4, 0.5) is 5.69 Å². The SMILES string of the molecule is CNCCCC(=O)Nc1cnc(C(C)(C)C)nc1.Cl. The average Bonchev–Trinajstić information content (AvgIpc) is 2.29. The molecule has 19 heavy (non-hydrogen) atoms. The Balaban J connectivity index is 0.00000324. The number of halogens is 1. The van der Waals surface area contributed by atoms with Crippen molar-refractivity contribution < 1.29 is 4.79 Å². The van der Waals surface area contributed by atoms with Gasteiger partial charge in [-0.25, -0.2) is 9.97 Å². The number of carbonyl (C=O) groups is 1. The van der Waals surface area contributed by atoms with Crippen molar-refractivity contribution in [3.05, 3.63) is 18.2 Å². The number of hydrogen-bond acceptors (Lipinski definition) is 4. The van der Waals surface area contributed by atoms with Gasteiger partial charge in [-0.05, 0) is 20.0 Å². The van der Waals surface area contributed by atoms with Gasteiger partial charge >= 0.3 is 0 Å². The van der Waals surface area contributed by atoms with Crippen molar-refractivity contribution in [1.29, 1.82) is 0 Å². The third-order valence-electron chi connectivity index (χ3n) is 2.44. The molecule has 108 valence electrons. The number of nitrogens with zero attached hydrogens (tertiary/aromatic N) is 2. The van der Waals surface area contributed by atoms with E-state index in [0.29, 0.717) is 12.1 Å². The van der Waals surface area contributed by atoms with Crippen LogP contribution in [0.3, 0.4) is 0 Å². The van der Waals surface area contributed by atoms with Gasteiger partial charge in [0.05, 0.1) is 18.1 Å². The molecule has 0 saturated carbocycles. The Morgan fingerprint density at radius 3 is 2.32 bits per heavy atom. The van der Waals surface area contributed by atoms with Crippen molar-refractivity contribution in [3.63, 3.8) is 0 Å². The van der Waals surface area contributed by atoms with Gasteiger partial charge in [-0.1, -0.05) is 20.8 Å². The molecule has 0 aromatic carbocycles. The summed E-state index contributed by atoms with van der Waals surface area (Å²) in [5.74, 6) is 0.771. The molecule has 0 fully saturated rings. The number of rotatable bonds is 5. The van der Waals surface area contributed by atoms with E-state index >= 15 is 0 Å². The molecule has 0 spiro atoms. The van der Waals surface area contributed by atoms with Gasteiger partial charge in [0, 0.05) is 11.8 Å². The number of carbonyl (C=O) groups excluding carboxylic acids is 1. The Bertz CT molecular complexity index is 387. The molecule has 1 rings (SSSR count). The van der Waals surface area contributed by atoms with E-state index < -0.39 is 0 Å². The van der Waals surface area contributed by atoms with Gasteiger partial charge < -0.3 is 10.6 Å². The summed E-state index contributed by atoms with van der Waals surface area (Å²) in [5, 5.41) is 5.79. The summed E-state index contributed by atoms with van der Waals surface area (Å²) in [6, 6.07) is 0. The van der Waals surface area contributed by atoms with E-state index in [2.05, 4.69) is 41.4 Å². The fourth-order valence-corrected chi connectivity index (χ4v) is 1.43. The summed E-state index contributed by atoms with van der Waals surface area (Å²) in [6.45, 7) is 7.00. The minimum absolute atomic E-state index is 0. The molecular weight excluding hydrogens is 264 g/mol. The summed E-state index contributed by atoms with van der Waals surface area (Å²) in [6.07, 6.45) is 4.64. The van der Waals surface area contributed by atoms with Crippen molar-refractivity contribution in [2.24, 2.45) is 0 Å². The summed E-state index contributed by atoms with van der Waals surface area (Å²) in [7, 11) is 1.87. The number of hydrogen-bond donors (Lipinski definition) is 2. The van der Waals surface area contributed by atoms with Crippen molar-refractivity contribution in [3.8, 4) is 0 Å². The lowest BCUT2D eigenvalue weighted by atomic mass is 9.96. The number of aromatic nitrogens is 2. The van der Waals surface area contributed by atoms with E-state index in [1.54, 1.807) is 12.4 Å². The van der Waals surface area contributed by atoms with E-state index in [4.69, 9.17) is 0 Å². The quantitative estimate of drug-likeness (QED) is 0.814. The van der Waals surface area contributed by atoms with E-state index in [-0.39, 0.29) is 23.7 Å². The van der Waals surface area contributed by atoms with Gasteiger partial charge in [0.15, 0.2) is 0 Å². The second-order valence-corrected chi connectivity index (χ2v) is 5.30. The molecule has 0 aliphatic heterocycles. The molecule has 0 atom stereocenters. The van der Waals surface area contributed by atoms with Gasteiger partial charge in [0.1, 0.15) is 5.82 Å². The molecule has 0 saturated heterocycles. The number of nitrogens with one attached hydrogen (secondary N) is 2. The molecule has 0 radical (unpaired) electrons. The monoisotopic (exact) mass is 286 g/mol. The molecule has 2 N–H and O–H groups in total. The van der Waals surface area contributed by atoms with Crippen LogP contribution < -0.4 is 10.6 Å². The second kappa shape index (κ2) is 8.07. The van der Waals surface area contributed by atoms with Crippen LogP contribution in [0.25, 0.3) is 0 Å². The van der Waals surface area contributed by atoms with Crippen molar-refractivity contribution in [2.45, 2.75) is 39.0 Å². The van der Waals surface area contributed by atoms with Gasteiger partial charge in [0.2, 0.25) is 5.91 Å².